The van der Waals surface area contributed by atoms with Crippen molar-refractivity contribution in [3.63, 3.8) is 0 Å². The number of nitrogens with zero attached hydrogens (tertiary/aromatic N) is 3. The Morgan fingerprint density at radius 3 is 2.76 bits per heavy atom. The first-order chi connectivity index (χ1) is 12.0. The van der Waals surface area contributed by atoms with E-state index in [2.05, 4.69) is 10.3 Å². The highest BCUT2D eigenvalue weighted by Gasteiger charge is 2.12. The minimum absolute atomic E-state index is 0.0492. The molecule has 1 N–H and O–H groups in total. The van der Waals surface area contributed by atoms with Crippen molar-refractivity contribution in [1.82, 2.24) is 9.55 Å². The maximum atomic E-state index is 12.3. The average molecular weight is 338 g/mol. The van der Waals surface area contributed by atoms with E-state index in [1.807, 2.05) is 0 Å². The smallest absolute Gasteiger partial charge is 0.269 e. The van der Waals surface area contributed by atoms with Gasteiger partial charge in [-0.05, 0) is 30.7 Å². The summed E-state index contributed by atoms with van der Waals surface area (Å²) in [7, 11) is 0. The zero-order chi connectivity index (χ0) is 18.0. The number of aromatic nitrogens is 2. The minimum atomic E-state index is -0.499. The molecule has 126 valence electrons. The molecule has 3 aromatic rings. The quantitative estimate of drug-likeness (QED) is 0.580. The number of nitro benzene ring substituents is 1. The maximum Gasteiger partial charge on any atom is 0.269 e. The van der Waals surface area contributed by atoms with E-state index >= 15 is 0 Å². The highest BCUT2D eigenvalue weighted by Crippen LogP contribution is 2.21. The van der Waals surface area contributed by atoms with Crippen LogP contribution in [0, 0.1) is 17.0 Å². The van der Waals surface area contributed by atoms with Gasteiger partial charge in [0.2, 0.25) is 5.91 Å². The molecule has 0 radical (unpaired) electrons. The van der Waals surface area contributed by atoms with Crippen molar-refractivity contribution < 1.29 is 9.72 Å². The molecule has 0 aliphatic heterocycles. The number of aryl methyl sites for hydroxylation is 1. The Labute approximate surface area is 141 Å². The van der Waals surface area contributed by atoms with Crippen LogP contribution in [0.15, 0.2) is 53.5 Å². The lowest BCUT2D eigenvalue weighted by atomic mass is 10.2. The molecule has 0 spiro atoms. The molecule has 0 atom stereocenters. The molecule has 0 aliphatic rings. The van der Waals surface area contributed by atoms with Crippen LogP contribution in [0.5, 0.6) is 0 Å². The molecule has 0 saturated carbocycles. The molecule has 8 nitrogen and oxygen atoms in total. The van der Waals surface area contributed by atoms with Crippen LogP contribution in [0.4, 0.5) is 11.4 Å². The molecule has 0 aliphatic carbocycles. The fourth-order valence-electron chi connectivity index (χ4n) is 2.51. The summed E-state index contributed by atoms with van der Waals surface area (Å²) in [5.41, 5.74) is 1.77. The zero-order valence-corrected chi connectivity index (χ0v) is 13.3. The van der Waals surface area contributed by atoms with Crippen molar-refractivity contribution >= 4 is 28.3 Å². The third-order valence-electron chi connectivity index (χ3n) is 3.75. The Morgan fingerprint density at radius 2 is 2.04 bits per heavy atom. The molecule has 1 amide bonds. The van der Waals surface area contributed by atoms with Gasteiger partial charge in [-0.15, -0.1) is 0 Å². The first-order valence-electron chi connectivity index (χ1n) is 7.45. The number of fused-ring (bicyclic) bond motifs is 1. The number of amides is 1. The lowest BCUT2D eigenvalue weighted by molar-refractivity contribution is -0.384. The van der Waals surface area contributed by atoms with Crippen molar-refractivity contribution in [2.45, 2.75) is 13.5 Å². The number of hydrogen-bond acceptors (Lipinski definition) is 5. The summed E-state index contributed by atoms with van der Waals surface area (Å²) in [6, 6.07) is 11.2. The van der Waals surface area contributed by atoms with Gasteiger partial charge < -0.3 is 5.32 Å². The largest absolute Gasteiger partial charge is 0.324 e. The number of hydrogen-bond donors (Lipinski definition) is 1. The molecule has 1 aromatic heterocycles. The Bertz CT molecular complexity index is 1040. The average Bonchev–Trinajstić information content (AvgIpc) is 2.59. The second-order valence-corrected chi connectivity index (χ2v) is 5.48. The number of carbonyl (C=O) groups excluding carboxylic acids is 1. The van der Waals surface area contributed by atoms with Crippen LogP contribution in [0.1, 0.15) is 5.56 Å². The van der Waals surface area contributed by atoms with Crippen LogP contribution in [0.3, 0.4) is 0 Å². The van der Waals surface area contributed by atoms with Crippen LogP contribution < -0.4 is 10.9 Å². The van der Waals surface area contributed by atoms with Gasteiger partial charge in [0.25, 0.3) is 11.2 Å². The molecule has 0 unspecified atom stereocenters. The molecule has 8 heteroatoms. The van der Waals surface area contributed by atoms with Crippen molar-refractivity contribution in [2.24, 2.45) is 0 Å². The van der Waals surface area contributed by atoms with Gasteiger partial charge in [-0.2, -0.15) is 0 Å². The topological polar surface area (TPSA) is 107 Å². The number of benzene rings is 2. The van der Waals surface area contributed by atoms with Crippen molar-refractivity contribution in [3.8, 4) is 0 Å². The molecule has 2 aromatic carbocycles. The van der Waals surface area contributed by atoms with E-state index in [0.29, 0.717) is 22.3 Å². The number of non-ortho nitro benzene ring substituents is 1. The molecule has 3 rings (SSSR count). The fraction of sp³-hybridized carbons (Fsp3) is 0.118. The predicted molar refractivity (Wildman–Crippen MR) is 92.5 cm³/mol. The zero-order valence-electron chi connectivity index (χ0n) is 13.3. The molecule has 1 heterocycles. The number of carbonyl (C=O) groups is 1. The summed E-state index contributed by atoms with van der Waals surface area (Å²) in [4.78, 5) is 38.7. The summed E-state index contributed by atoms with van der Waals surface area (Å²) in [5, 5.41) is 13.4. The fourth-order valence-corrected chi connectivity index (χ4v) is 2.51. The van der Waals surface area contributed by atoms with Gasteiger partial charge in [-0.25, -0.2) is 4.98 Å². The Kier molecular flexibility index (Phi) is 4.25. The summed E-state index contributed by atoms with van der Waals surface area (Å²) in [6.07, 6.45) is 1.17. The van der Waals surface area contributed by atoms with Crippen LogP contribution >= 0.6 is 0 Å². The normalized spacial score (nSPS) is 10.6. The number of anilines is 1. The van der Waals surface area contributed by atoms with Crippen molar-refractivity contribution in [2.75, 3.05) is 5.32 Å². The molecule has 0 bridgehead atoms. The Morgan fingerprint density at radius 1 is 1.28 bits per heavy atom. The Hall–Kier alpha value is -3.55. The second kappa shape index (κ2) is 6.52. The van der Waals surface area contributed by atoms with E-state index < -0.39 is 10.8 Å². The third-order valence-corrected chi connectivity index (χ3v) is 3.75. The van der Waals surface area contributed by atoms with Gasteiger partial charge in [0.1, 0.15) is 6.54 Å². The minimum Gasteiger partial charge on any atom is -0.324 e. The van der Waals surface area contributed by atoms with E-state index in [1.54, 1.807) is 31.2 Å². The number of para-hydroxylation sites is 2. The van der Waals surface area contributed by atoms with Crippen molar-refractivity contribution in [3.05, 3.63) is 74.7 Å². The van der Waals surface area contributed by atoms with Crippen LogP contribution in [-0.4, -0.2) is 20.4 Å². The van der Waals surface area contributed by atoms with E-state index in [-0.39, 0.29) is 17.8 Å². The van der Waals surface area contributed by atoms with Crippen LogP contribution in [-0.2, 0) is 11.3 Å². The molecule has 25 heavy (non-hydrogen) atoms. The molecule has 0 fully saturated rings. The first kappa shape index (κ1) is 16.3. The summed E-state index contributed by atoms with van der Waals surface area (Å²) in [5.74, 6) is -0.407. The summed E-state index contributed by atoms with van der Waals surface area (Å²) >= 11 is 0. The summed E-state index contributed by atoms with van der Waals surface area (Å²) in [6.45, 7) is 1.48. The van der Waals surface area contributed by atoms with Gasteiger partial charge in [0.15, 0.2) is 0 Å². The van der Waals surface area contributed by atoms with E-state index in [9.17, 15) is 19.7 Å². The highest BCUT2D eigenvalue weighted by molar-refractivity contribution is 5.92. The Balaban J connectivity index is 1.86. The molecule has 0 saturated heterocycles. The highest BCUT2D eigenvalue weighted by atomic mass is 16.6. The van der Waals surface area contributed by atoms with Gasteiger partial charge >= 0.3 is 0 Å². The van der Waals surface area contributed by atoms with Crippen LogP contribution in [0.25, 0.3) is 11.0 Å². The number of rotatable bonds is 4. The SMILES string of the molecule is Cc1cc([N+](=O)[O-])ccc1NC(=O)Cn1c(=O)cnc2ccccc21. The molecular formula is C17H14N4O4. The number of nitro groups is 1. The lowest BCUT2D eigenvalue weighted by Crippen LogP contribution is -2.28. The molecular weight excluding hydrogens is 324 g/mol. The van der Waals surface area contributed by atoms with Crippen molar-refractivity contribution in [1.29, 1.82) is 0 Å². The van der Waals surface area contributed by atoms with Gasteiger partial charge in [-0.3, -0.25) is 24.3 Å². The van der Waals surface area contributed by atoms with E-state index in [0.717, 1.165) is 0 Å². The second-order valence-electron chi connectivity index (χ2n) is 5.48. The maximum absolute atomic E-state index is 12.3. The van der Waals surface area contributed by atoms with Gasteiger partial charge in [-0.1, -0.05) is 12.1 Å². The van der Waals surface area contributed by atoms with Gasteiger partial charge in [0.05, 0.1) is 22.2 Å². The lowest BCUT2D eigenvalue weighted by Gasteiger charge is -2.11. The number of nitrogens with one attached hydrogen (secondary N) is 1. The van der Waals surface area contributed by atoms with Crippen LogP contribution in [0.2, 0.25) is 0 Å². The van der Waals surface area contributed by atoms with E-state index in [1.165, 1.54) is 29.0 Å². The standard InChI is InChI=1S/C17H14N4O4/c1-11-8-12(21(24)25)6-7-13(11)19-16(22)10-20-15-5-3-2-4-14(15)18-9-17(20)23/h2-9H,10H2,1H3,(H,19,22). The summed E-state index contributed by atoms with van der Waals surface area (Å²) < 4.78 is 1.33. The monoisotopic (exact) mass is 338 g/mol. The third kappa shape index (κ3) is 3.37. The first-order valence-corrected chi connectivity index (χ1v) is 7.45. The van der Waals surface area contributed by atoms with Gasteiger partial charge in [0, 0.05) is 17.8 Å². The predicted octanol–water partition coefficient (Wildman–Crippen LogP) is 2.25. The van der Waals surface area contributed by atoms with E-state index in [4.69, 9.17) is 0 Å².